The summed E-state index contributed by atoms with van der Waals surface area (Å²) in [7, 11) is 1.68. The SMILES string of the molecule is COc1cccc(CSC2=NNC3N(Cc4ccc(C(C)C)cc4)C(=O)c4sccc4N23)c1. The van der Waals surface area contributed by atoms with Gasteiger partial charge in [0.2, 0.25) is 6.29 Å². The molecule has 6 nitrogen and oxygen atoms in total. The fourth-order valence-electron chi connectivity index (χ4n) is 4.04. The van der Waals surface area contributed by atoms with Crippen LogP contribution in [0.1, 0.15) is 46.1 Å². The number of methoxy groups -OCH3 is 1. The van der Waals surface area contributed by atoms with Gasteiger partial charge < -0.3 is 4.74 Å². The molecule has 1 aromatic heterocycles. The van der Waals surface area contributed by atoms with Crippen LogP contribution >= 0.6 is 23.1 Å². The zero-order chi connectivity index (χ0) is 22.9. The minimum atomic E-state index is -0.336. The van der Waals surface area contributed by atoms with Gasteiger partial charge in [-0.1, -0.05) is 62.0 Å². The van der Waals surface area contributed by atoms with Crippen LogP contribution in [0.2, 0.25) is 0 Å². The van der Waals surface area contributed by atoms with Crippen molar-refractivity contribution in [2.24, 2.45) is 5.10 Å². The number of thiophene rings is 1. The van der Waals surface area contributed by atoms with Gasteiger partial charge in [0.1, 0.15) is 10.6 Å². The van der Waals surface area contributed by atoms with Crippen LogP contribution in [0.5, 0.6) is 5.75 Å². The Morgan fingerprint density at radius 3 is 2.73 bits per heavy atom. The fraction of sp³-hybridized carbons (Fsp3) is 0.280. The van der Waals surface area contributed by atoms with E-state index >= 15 is 0 Å². The first-order chi connectivity index (χ1) is 16.0. The van der Waals surface area contributed by atoms with Gasteiger partial charge in [0.15, 0.2) is 5.17 Å². The van der Waals surface area contributed by atoms with Crippen molar-refractivity contribution in [3.8, 4) is 5.75 Å². The maximum atomic E-state index is 13.4. The van der Waals surface area contributed by atoms with Gasteiger partial charge in [-0.05, 0) is 46.2 Å². The number of anilines is 1. The lowest BCUT2D eigenvalue weighted by molar-refractivity contribution is 0.0629. The number of carbonyl (C=O) groups is 1. The topological polar surface area (TPSA) is 57.2 Å². The first-order valence-electron chi connectivity index (χ1n) is 10.9. The number of nitrogens with zero attached hydrogens (tertiary/aromatic N) is 3. The molecule has 0 spiro atoms. The number of hydrazone groups is 1. The Labute approximate surface area is 202 Å². The molecule has 0 fully saturated rings. The largest absolute Gasteiger partial charge is 0.497 e. The third-order valence-electron chi connectivity index (χ3n) is 5.88. The van der Waals surface area contributed by atoms with Gasteiger partial charge in [-0.3, -0.25) is 20.0 Å². The Balaban J connectivity index is 1.37. The van der Waals surface area contributed by atoms with Gasteiger partial charge in [-0.15, -0.1) is 11.3 Å². The molecule has 170 valence electrons. The van der Waals surface area contributed by atoms with E-state index < -0.39 is 0 Å². The summed E-state index contributed by atoms with van der Waals surface area (Å²) in [6, 6.07) is 18.6. The molecule has 2 aromatic carbocycles. The second-order valence-electron chi connectivity index (χ2n) is 8.37. The number of benzene rings is 2. The third kappa shape index (κ3) is 4.20. The van der Waals surface area contributed by atoms with Crippen LogP contribution in [0.25, 0.3) is 0 Å². The lowest BCUT2D eigenvalue weighted by Gasteiger charge is -2.39. The number of nitrogens with one attached hydrogen (secondary N) is 1. The lowest BCUT2D eigenvalue weighted by atomic mass is 10.0. The molecule has 1 atom stereocenters. The molecule has 33 heavy (non-hydrogen) atoms. The van der Waals surface area contributed by atoms with Gasteiger partial charge in [0, 0.05) is 12.3 Å². The van der Waals surface area contributed by atoms with E-state index in [4.69, 9.17) is 4.74 Å². The molecule has 2 aliphatic heterocycles. The lowest BCUT2D eigenvalue weighted by Crippen LogP contribution is -2.57. The summed E-state index contributed by atoms with van der Waals surface area (Å²) in [5.41, 5.74) is 7.68. The molecule has 3 aromatic rings. The number of fused-ring (bicyclic) bond motifs is 3. The smallest absolute Gasteiger partial charge is 0.269 e. The monoisotopic (exact) mass is 478 g/mol. The van der Waals surface area contributed by atoms with Crippen LogP contribution in [0.4, 0.5) is 5.69 Å². The molecule has 0 radical (unpaired) electrons. The van der Waals surface area contributed by atoms with Crippen molar-refractivity contribution in [2.45, 2.75) is 38.4 Å². The Morgan fingerprint density at radius 1 is 1.15 bits per heavy atom. The van der Waals surface area contributed by atoms with Crippen molar-refractivity contribution >= 4 is 39.9 Å². The molecule has 1 amide bonds. The first kappa shape index (κ1) is 21.9. The van der Waals surface area contributed by atoms with Crippen LogP contribution in [0.15, 0.2) is 65.1 Å². The van der Waals surface area contributed by atoms with Gasteiger partial charge in [0.05, 0.1) is 12.8 Å². The molecule has 5 rings (SSSR count). The number of hydrogen-bond acceptors (Lipinski definition) is 7. The minimum Gasteiger partial charge on any atom is -0.497 e. The van der Waals surface area contributed by atoms with Crippen molar-refractivity contribution in [3.63, 3.8) is 0 Å². The van der Waals surface area contributed by atoms with Gasteiger partial charge in [0.25, 0.3) is 5.91 Å². The maximum Gasteiger partial charge on any atom is 0.269 e. The fourth-order valence-corrected chi connectivity index (χ4v) is 5.81. The summed E-state index contributed by atoms with van der Waals surface area (Å²) in [5.74, 6) is 2.12. The van der Waals surface area contributed by atoms with Crippen molar-refractivity contribution in [2.75, 3.05) is 12.0 Å². The zero-order valence-electron chi connectivity index (χ0n) is 18.8. The standard InChI is InChI=1S/C25H26N4O2S2/c1-16(2)19-9-7-17(8-10-19)14-28-23(30)22-21(11-12-32-22)29-24(28)26-27-25(29)33-15-18-5-4-6-20(13-18)31-3/h4-13,16,24,26H,14-15H2,1-3H3. The molecular weight excluding hydrogens is 452 g/mol. The number of thioether (sulfide) groups is 1. The molecule has 1 unspecified atom stereocenters. The highest BCUT2D eigenvalue weighted by Crippen LogP contribution is 2.39. The normalized spacial score (nSPS) is 17.0. The van der Waals surface area contributed by atoms with Crippen molar-refractivity contribution in [1.29, 1.82) is 0 Å². The summed E-state index contributed by atoms with van der Waals surface area (Å²) in [5, 5.41) is 7.45. The molecule has 1 N–H and O–H groups in total. The molecule has 8 heteroatoms. The molecular formula is C25H26N4O2S2. The average Bonchev–Trinajstić information content (AvgIpc) is 3.48. The minimum absolute atomic E-state index is 0.0379. The second kappa shape index (κ2) is 9.11. The first-order valence-corrected chi connectivity index (χ1v) is 12.8. The zero-order valence-corrected chi connectivity index (χ0v) is 20.5. The molecule has 2 aliphatic rings. The summed E-state index contributed by atoms with van der Waals surface area (Å²) in [6.07, 6.45) is -0.336. The molecule has 0 saturated carbocycles. The maximum absolute atomic E-state index is 13.4. The van der Waals surface area contributed by atoms with Crippen molar-refractivity contribution < 1.29 is 9.53 Å². The Kier molecular flexibility index (Phi) is 6.03. The highest BCUT2D eigenvalue weighted by atomic mass is 32.2. The molecule has 0 aliphatic carbocycles. The van der Waals surface area contributed by atoms with E-state index in [1.165, 1.54) is 16.9 Å². The highest BCUT2D eigenvalue weighted by molar-refractivity contribution is 8.13. The predicted octanol–water partition coefficient (Wildman–Crippen LogP) is 5.43. The van der Waals surface area contributed by atoms with E-state index in [2.05, 4.69) is 59.6 Å². The van der Waals surface area contributed by atoms with Crippen LogP contribution in [-0.2, 0) is 12.3 Å². The number of amides is 1. The number of ether oxygens (including phenoxy) is 1. The van der Waals surface area contributed by atoms with Crippen LogP contribution in [0, 0.1) is 0 Å². The summed E-state index contributed by atoms with van der Waals surface area (Å²) in [6.45, 7) is 4.89. The van der Waals surface area contributed by atoms with E-state index in [1.807, 2.05) is 34.5 Å². The summed E-state index contributed by atoms with van der Waals surface area (Å²) >= 11 is 3.13. The number of hydrogen-bond donors (Lipinski definition) is 1. The van der Waals surface area contributed by atoms with Crippen molar-refractivity contribution in [1.82, 2.24) is 10.3 Å². The Bertz CT molecular complexity index is 1190. The van der Waals surface area contributed by atoms with E-state index in [0.29, 0.717) is 12.5 Å². The Hall–Kier alpha value is -2.97. The number of amidine groups is 1. The highest BCUT2D eigenvalue weighted by Gasteiger charge is 2.43. The van der Waals surface area contributed by atoms with E-state index in [1.54, 1.807) is 18.9 Å². The van der Waals surface area contributed by atoms with Gasteiger partial charge in [-0.2, -0.15) is 5.10 Å². The average molecular weight is 479 g/mol. The summed E-state index contributed by atoms with van der Waals surface area (Å²) < 4.78 is 5.35. The van der Waals surface area contributed by atoms with Crippen LogP contribution in [0.3, 0.4) is 0 Å². The van der Waals surface area contributed by atoms with Gasteiger partial charge in [-0.25, -0.2) is 0 Å². The van der Waals surface area contributed by atoms with E-state index in [-0.39, 0.29) is 12.2 Å². The summed E-state index contributed by atoms with van der Waals surface area (Å²) in [4.78, 5) is 18.1. The van der Waals surface area contributed by atoms with Crippen LogP contribution < -0.4 is 15.1 Å². The molecule has 0 saturated heterocycles. The predicted molar refractivity (Wildman–Crippen MR) is 136 cm³/mol. The van der Waals surface area contributed by atoms with E-state index in [0.717, 1.165) is 38.4 Å². The van der Waals surface area contributed by atoms with Crippen molar-refractivity contribution in [3.05, 3.63) is 81.5 Å². The molecule has 3 heterocycles. The van der Waals surface area contributed by atoms with Crippen LogP contribution in [-0.4, -0.2) is 29.4 Å². The Morgan fingerprint density at radius 2 is 1.97 bits per heavy atom. The number of rotatable bonds is 6. The van der Waals surface area contributed by atoms with E-state index in [9.17, 15) is 4.79 Å². The van der Waals surface area contributed by atoms with Gasteiger partial charge >= 0.3 is 0 Å². The second-order valence-corrected chi connectivity index (χ2v) is 10.2. The quantitative estimate of drug-likeness (QED) is 0.512. The third-order valence-corrected chi connectivity index (χ3v) is 7.80. The number of carbonyl (C=O) groups excluding carboxylic acids is 1. The molecule has 0 bridgehead atoms.